The fourth-order valence-electron chi connectivity index (χ4n) is 3.11. The minimum Gasteiger partial charge on any atom is -0.392 e. The zero-order chi connectivity index (χ0) is 8.77. The Kier molecular flexibility index (Phi) is 1.80. The summed E-state index contributed by atoms with van der Waals surface area (Å²) in [5.74, 6) is 0.632. The van der Waals surface area contributed by atoms with Crippen molar-refractivity contribution in [2.75, 3.05) is 0 Å². The van der Waals surface area contributed by atoms with Gasteiger partial charge in [0.05, 0.1) is 6.10 Å². The molecule has 1 unspecified atom stereocenters. The van der Waals surface area contributed by atoms with E-state index < -0.39 is 0 Å². The van der Waals surface area contributed by atoms with Crippen molar-refractivity contribution in [1.29, 1.82) is 0 Å². The second-order valence-corrected chi connectivity index (χ2v) is 4.29. The number of aliphatic hydroxyl groups is 1. The highest BCUT2D eigenvalue weighted by atomic mass is 16.3. The van der Waals surface area contributed by atoms with Gasteiger partial charge in [0, 0.05) is 5.41 Å². The van der Waals surface area contributed by atoms with Crippen molar-refractivity contribution in [2.24, 2.45) is 11.3 Å². The predicted molar refractivity (Wildman–Crippen MR) is 49.8 cm³/mol. The summed E-state index contributed by atoms with van der Waals surface area (Å²) in [7, 11) is 0. The quantitative estimate of drug-likeness (QED) is 0.593. The van der Waals surface area contributed by atoms with Crippen LogP contribution in [0.5, 0.6) is 0 Å². The molecule has 1 heteroatoms. The molecule has 0 bridgehead atoms. The van der Waals surface area contributed by atoms with Crippen LogP contribution in [0.2, 0.25) is 0 Å². The lowest BCUT2D eigenvalue weighted by molar-refractivity contribution is 0.0501. The molecule has 0 heterocycles. The van der Waals surface area contributed by atoms with E-state index in [1.54, 1.807) is 0 Å². The van der Waals surface area contributed by atoms with Gasteiger partial charge in [-0.1, -0.05) is 31.9 Å². The zero-order valence-electron chi connectivity index (χ0n) is 7.84. The molecular weight excluding hydrogens is 148 g/mol. The lowest BCUT2D eigenvalue weighted by Crippen LogP contribution is -2.27. The van der Waals surface area contributed by atoms with Crippen LogP contribution in [0.25, 0.3) is 0 Å². The van der Waals surface area contributed by atoms with Gasteiger partial charge in [-0.15, -0.1) is 0 Å². The lowest BCUT2D eigenvalue weighted by Gasteiger charge is -2.28. The number of aliphatic hydroxyl groups excluding tert-OH is 1. The Morgan fingerprint density at radius 2 is 2.33 bits per heavy atom. The third kappa shape index (κ3) is 0.832. The first kappa shape index (κ1) is 8.31. The minimum atomic E-state index is -0.0799. The van der Waals surface area contributed by atoms with E-state index in [-0.39, 0.29) is 11.5 Å². The lowest BCUT2D eigenvalue weighted by atomic mass is 9.81. The van der Waals surface area contributed by atoms with Gasteiger partial charge in [0.2, 0.25) is 0 Å². The van der Waals surface area contributed by atoms with Gasteiger partial charge in [0.1, 0.15) is 0 Å². The van der Waals surface area contributed by atoms with Crippen LogP contribution in [0.4, 0.5) is 0 Å². The molecule has 2 aliphatic carbocycles. The summed E-state index contributed by atoms with van der Waals surface area (Å²) in [5, 5.41) is 9.91. The standard InChI is InChI=1S/C11H18O/c1-3-9-8(2)11(9)7-5-4-6-10(11)12/h9-10,12H,2-7H2,1H3/t9?,10-,11-/m1/s1. The molecule has 1 N–H and O–H groups in total. The summed E-state index contributed by atoms with van der Waals surface area (Å²) in [4.78, 5) is 0. The van der Waals surface area contributed by atoms with Crippen molar-refractivity contribution in [2.45, 2.75) is 45.1 Å². The molecule has 0 aromatic rings. The first-order valence-electron chi connectivity index (χ1n) is 5.10. The maximum atomic E-state index is 9.91. The Labute approximate surface area is 74.5 Å². The Morgan fingerprint density at radius 1 is 1.58 bits per heavy atom. The van der Waals surface area contributed by atoms with E-state index in [0.717, 1.165) is 12.8 Å². The van der Waals surface area contributed by atoms with Gasteiger partial charge >= 0.3 is 0 Å². The minimum absolute atomic E-state index is 0.0799. The predicted octanol–water partition coefficient (Wildman–Crippen LogP) is 2.50. The molecule has 2 aliphatic rings. The van der Waals surface area contributed by atoms with E-state index >= 15 is 0 Å². The van der Waals surface area contributed by atoms with Gasteiger partial charge in [-0.2, -0.15) is 0 Å². The highest BCUT2D eigenvalue weighted by Gasteiger charge is 2.61. The SMILES string of the molecule is C=C1C(CC)[C@@]12CCCC[C@H]2O. The smallest absolute Gasteiger partial charge is 0.0639 e. The highest BCUT2D eigenvalue weighted by molar-refractivity contribution is 5.38. The fraction of sp³-hybridized carbons (Fsp3) is 0.818. The molecule has 1 spiro atoms. The molecule has 2 rings (SSSR count). The second kappa shape index (κ2) is 2.59. The summed E-state index contributed by atoms with van der Waals surface area (Å²) >= 11 is 0. The van der Waals surface area contributed by atoms with Gasteiger partial charge in [-0.25, -0.2) is 0 Å². The molecule has 12 heavy (non-hydrogen) atoms. The molecule has 2 saturated carbocycles. The zero-order valence-corrected chi connectivity index (χ0v) is 7.84. The van der Waals surface area contributed by atoms with E-state index in [0.29, 0.717) is 5.92 Å². The van der Waals surface area contributed by atoms with Crippen LogP contribution < -0.4 is 0 Å². The molecule has 0 aliphatic heterocycles. The maximum absolute atomic E-state index is 9.91. The number of hydrogen-bond donors (Lipinski definition) is 1. The normalized spacial score (nSPS) is 46.7. The molecule has 0 amide bonds. The first-order chi connectivity index (χ1) is 5.73. The monoisotopic (exact) mass is 166 g/mol. The van der Waals surface area contributed by atoms with Gasteiger partial charge < -0.3 is 5.11 Å². The Morgan fingerprint density at radius 3 is 2.83 bits per heavy atom. The van der Waals surface area contributed by atoms with Crippen molar-refractivity contribution < 1.29 is 5.11 Å². The molecule has 2 fully saturated rings. The number of rotatable bonds is 1. The first-order valence-corrected chi connectivity index (χ1v) is 5.10. The van der Waals surface area contributed by atoms with Crippen LogP contribution in [0, 0.1) is 11.3 Å². The molecule has 1 nitrogen and oxygen atoms in total. The van der Waals surface area contributed by atoms with E-state index in [1.165, 1.54) is 24.8 Å². The third-order valence-electron chi connectivity index (χ3n) is 3.88. The average molecular weight is 166 g/mol. The largest absolute Gasteiger partial charge is 0.392 e. The van der Waals surface area contributed by atoms with E-state index in [2.05, 4.69) is 13.5 Å². The summed E-state index contributed by atoms with van der Waals surface area (Å²) < 4.78 is 0. The Hall–Kier alpha value is -0.300. The van der Waals surface area contributed by atoms with Crippen LogP contribution in [0.1, 0.15) is 39.0 Å². The number of hydrogen-bond acceptors (Lipinski definition) is 1. The molecular formula is C11H18O. The van der Waals surface area contributed by atoms with Gasteiger partial charge in [-0.05, 0) is 25.2 Å². The van der Waals surface area contributed by atoms with Gasteiger partial charge in [0.25, 0.3) is 0 Å². The molecule has 3 atom stereocenters. The molecule has 0 radical (unpaired) electrons. The van der Waals surface area contributed by atoms with Crippen LogP contribution in [-0.4, -0.2) is 11.2 Å². The maximum Gasteiger partial charge on any atom is 0.0639 e. The Bertz CT molecular complexity index is 209. The van der Waals surface area contributed by atoms with E-state index in [1.807, 2.05) is 0 Å². The van der Waals surface area contributed by atoms with Crippen molar-refractivity contribution in [3.8, 4) is 0 Å². The van der Waals surface area contributed by atoms with Crippen molar-refractivity contribution in [3.05, 3.63) is 12.2 Å². The summed E-state index contributed by atoms with van der Waals surface area (Å²) in [6, 6.07) is 0. The average Bonchev–Trinajstić information content (AvgIpc) is 2.64. The van der Waals surface area contributed by atoms with Crippen LogP contribution >= 0.6 is 0 Å². The second-order valence-electron chi connectivity index (χ2n) is 4.29. The molecule has 0 saturated heterocycles. The van der Waals surface area contributed by atoms with E-state index in [4.69, 9.17) is 0 Å². The van der Waals surface area contributed by atoms with Gasteiger partial charge in [0.15, 0.2) is 0 Å². The van der Waals surface area contributed by atoms with Gasteiger partial charge in [-0.3, -0.25) is 0 Å². The van der Waals surface area contributed by atoms with Crippen LogP contribution in [0.15, 0.2) is 12.2 Å². The third-order valence-corrected chi connectivity index (χ3v) is 3.88. The highest BCUT2D eigenvalue weighted by Crippen LogP contribution is 2.66. The molecule has 0 aromatic heterocycles. The molecule has 68 valence electrons. The van der Waals surface area contributed by atoms with Crippen LogP contribution in [0.3, 0.4) is 0 Å². The summed E-state index contributed by atoms with van der Waals surface area (Å²) in [6.07, 6.45) is 5.75. The summed E-state index contributed by atoms with van der Waals surface area (Å²) in [5.41, 5.74) is 1.50. The van der Waals surface area contributed by atoms with Crippen LogP contribution in [-0.2, 0) is 0 Å². The molecule has 0 aromatic carbocycles. The fourth-order valence-corrected chi connectivity index (χ4v) is 3.11. The topological polar surface area (TPSA) is 20.2 Å². The summed E-state index contributed by atoms with van der Waals surface area (Å²) in [6.45, 7) is 6.29. The van der Waals surface area contributed by atoms with E-state index in [9.17, 15) is 5.11 Å². The Balaban J connectivity index is 2.15. The van der Waals surface area contributed by atoms with Crippen molar-refractivity contribution >= 4 is 0 Å². The van der Waals surface area contributed by atoms with Crippen molar-refractivity contribution in [1.82, 2.24) is 0 Å². The van der Waals surface area contributed by atoms with Crippen molar-refractivity contribution in [3.63, 3.8) is 0 Å².